The molecule has 0 saturated heterocycles. The standard InChI is InChI=1S/C55H102O5/c1-4-7-10-13-16-18-20-22-24-26-28-30-32-34-36-38-40-42-45-48-54(56)59-52-53(51-58-50-47-44-15-12-9-6-3)60-55(57)49-46-43-41-39-37-35-33-31-29-27-25-23-21-19-17-14-11-8-5-2/h16,18,22,24,28,30,53H,4-15,17,19-21,23,25-27,29,31-52H2,1-3H3/b18-16-,24-22-,30-28-. The van der Waals surface area contributed by atoms with Gasteiger partial charge in [0.1, 0.15) is 6.61 Å². The average Bonchev–Trinajstić information content (AvgIpc) is 3.25. The highest BCUT2D eigenvalue weighted by molar-refractivity contribution is 5.70. The number of hydrogen-bond acceptors (Lipinski definition) is 5. The molecule has 0 aromatic heterocycles. The summed E-state index contributed by atoms with van der Waals surface area (Å²) in [7, 11) is 0. The third-order valence-electron chi connectivity index (χ3n) is 11.7. The van der Waals surface area contributed by atoms with Gasteiger partial charge in [-0.05, 0) is 57.8 Å². The molecule has 0 radical (unpaired) electrons. The molecule has 0 amide bonds. The van der Waals surface area contributed by atoms with Crippen LogP contribution in [-0.2, 0) is 23.8 Å². The Morgan fingerprint density at radius 2 is 0.700 bits per heavy atom. The topological polar surface area (TPSA) is 61.8 Å². The lowest BCUT2D eigenvalue weighted by atomic mass is 10.0. The Kier molecular flexibility index (Phi) is 49.9. The molecule has 0 bridgehead atoms. The molecule has 0 aliphatic rings. The first-order valence-electron chi connectivity index (χ1n) is 26.5. The van der Waals surface area contributed by atoms with Crippen LogP contribution in [0, 0.1) is 0 Å². The Morgan fingerprint density at radius 3 is 1.15 bits per heavy atom. The van der Waals surface area contributed by atoms with E-state index in [9.17, 15) is 9.59 Å². The molecule has 5 heteroatoms. The lowest BCUT2D eigenvalue weighted by molar-refractivity contribution is -0.163. The molecule has 0 fully saturated rings. The van der Waals surface area contributed by atoms with Crippen molar-refractivity contribution in [1.82, 2.24) is 0 Å². The molecule has 0 aromatic carbocycles. The van der Waals surface area contributed by atoms with Crippen molar-refractivity contribution in [2.24, 2.45) is 0 Å². The number of ether oxygens (including phenoxy) is 3. The lowest BCUT2D eigenvalue weighted by Gasteiger charge is -2.18. The van der Waals surface area contributed by atoms with Gasteiger partial charge in [0.15, 0.2) is 6.10 Å². The van der Waals surface area contributed by atoms with E-state index in [0.29, 0.717) is 19.4 Å². The van der Waals surface area contributed by atoms with Gasteiger partial charge in [-0.2, -0.15) is 0 Å². The van der Waals surface area contributed by atoms with Gasteiger partial charge in [0.25, 0.3) is 0 Å². The van der Waals surface area contributed by atoms with E-state index in [1.807, 2.05) is 0 Å². The van der Waals surface area contributed by atoms with E-state index in [0.717, 1.165) is 64.2 Å². The third kappa shape index (κ3) is 48.8. The summed E-state index contributed by atoms with van der Waals surface area (Å²) in [6.07, 6.45) is 61.7. The SMILES string of the molecule is CCCCC/C=C\C/C=C\C/C=C\CCCCCCCCC(=O)OCC(COCCCCCCCC)OC(=O)CCCCCCCCCCCCCCCCCCCCC. The van der Waals surface area contributed by atoms with Crippen LogP contribution in [0.5, 0.6) is 0 Å². The van der Waals surface area contributed by atoms with E-state index in [-0.39, 0.29) is 25.2 Å². The van der Waals surface area contributed by atoms with E-state index >= 15 is 0 Å². The third-order valence-corrected chi connectivity index (χ3v) is 11.7. The molecular formula is C55H102O5. The molecule has 0 aliphatic carbocycles. The number of unbranched alkanes of at least 4 members (excludes halogenated alkanes) is 32. The average molecular weight is 843 g/mol. The summed E-state index contributed by atoms with van der Waals surface area (Å²) in [6, 6.07) is 0. The zero-order chi connectivity index (χ0) is 43.5. The van der Waals surface area contributed by atoms with E-state index in [1.54, 1.807) is 0 Å². The molecule has 0 saturated carbocycles. The molecule has 0 heterocycles. The minimum atomic E-state index is -0.533. The van der Waals surface area contributed by atoms with Crippen molar-refractivity contribution in [3.05, 3.63) is 36.5 Å². The second-order valence-corrected chi connectivity index (χ2v) is 17.8. The van der Waals surface area contributed by atoms with Crippen molar-refractivity contribution in [3.63, 3.8) is 0 Å². The molecule has 60 heavy (non-hydrogen) atoms. The van der Waals surface area contributed by atoms with Gasteiger partial charge in [-0.15, -0.1) is 0 Å². The fourth-order valence-corrected chi connectivity index (χ4v) is 7.69. The Bertz CT molecular complexity index is 955. The fourth-order valence-electron chi connectivity index (χ4n) is 7.69. The van der Waals surface area contributed by atoms with E-state index in [4.69, 9.17) is 14.2 Å². The molecule has 5 nitrogen and oxygen atoms in total. The van der Waals surface area contributed by atoms with Crippen molar-refractivity contribution in [3.8, 4) is 0 Å². The number of carbonyl (C=O) groups excluding carboxylic acids is 2. The van der Waals surface area contributed by atoms with Crippen molar-refractivity contribution in [2.75, 3.05) is 19.8 Å². The van der Waals surface area contributed by atoms with Gasteiger partial charge < -0.3 is 14.2 Å². The Hall–Kier alpha value is -1.88. The highest BCUT2D eigenvalue weighted by Crippen LogP contribution is 2.16. The monoisotopic (exact) mass is 843 g/mol. The minimum Gasteiger partial charge on any atom is -0.462 e. The van der Waals surface area contributed by atoms with Crippen LogP contribution >= 0.6 is 0 Å². The Labute approximate surface area is 374 Å². The van der Waals surface area contributed by atoms with Crippen LogP contribution in [0.15, 0.2) is 36.5 Å². The second kappa shape index (κ2) is 51.5. The maximum atomic E-state index is 12.8. The summed E-state index contributed by atoms with van der Waals surface area (Å²) in [5.41, 5.74) is 0. The van der Waals surface area contributed by atoms with E-state index in [1.165, 1.54) is 180 Å². The molecule has 0 rings (SSSR count). The lowest BCUT2D eigenvalue weighted by Crippen LogP contribution is -2.30. The van der Waals surface area contributed by atoms with E-state index in [2.05, 4.69) is 57.2 Å². The maximum absolute atomic E-state index is 12.8. The summed E-state index contributed by atoms with van der Waals surface area (Å²) in [5, 5.41) is 0. The summed E-state index contributed by atoms with van der Waals surface area (Å²) in [4.78, 5) is 25.3. The van der Waals surface area contributed by atoms with Crippen LogP contribution in [0.1, 0.15) is 278 Å². The van der Waals surface area contributed by atoms with Crippen molar-refractivity contribution in [1.29, 1.82) is 0 Å². The van der Waals surface area contributed by atoms with Gasteiger partial charge in [0.2, 0.25) is 0 Å². The van der Waals surface area contributed by atoms with Gasteiger partial charge in [0, 0.05) is 19.4 Å². The molecule has 0 spiro atoms. The van der Waals surface area contributed by atoms with Crippen LogP contribution < -0.4 is 0 Å². The highest BCUT2D eigenvalue weighted by atomic mass is 16.6. The number of rotatable bonds is 49. The summed E-state index contributed by atoms with van der Waals surface area (Å²) >= 11 is 0. The summed E-state index contributed by atoms with van der Waals surface area (Å²) < 4.78 is 17.3. The van der Waals surface area contributed by atoms with Gasteiger partial charge in [0.05, 0.1) is 6.61 Å². The highest BCUT2D eigenvalue weighted by Gasteiger charge is 2.17. The zero-order valence-corrected chi connectivity index (χ0v) is 40.5. The van der Waals surface area contributed by atoms with Crippen LogP contribution in [-0.4, -0.2) is 37.9 Å². The molecule has 1 unspecified atom stereocenters. The zero-order valence-electron chi connectivity index (χ0n) is 40.5. The summed E-state index contributed by atoms with van der Waals surface area (Å²) in [6.45, 7) is 7.79. The number of hydrogen-bond donors (Lipinski definition) is 0. The van der Waals surface area contributed by atoms with Gasteiger partial charge in [-0.25, -0.2) is 0 Å². The molecule has 0 aliphatic heterocycles. The minimum absolute atomic E-state index is 0.0831. The molecule has 0 aromatic rings. The maximum Gasteiger partial charge on any atom is 0.306 e. The number of carbonyl (C=O) groups is 2. The van der Waals surface area contributed by atoms with Gasteiger partial charge in [-0.3, -0.25) is 9.59 Å². The first-order valence-corrected chi connectivity index (χ1v) is 26.5. The molecule has 1 atom stereocenters. The second-order valence-electron chi connectivity index (χ2n) is 17.8. The number of esters is 2. The van der Waals surface area contributed by atoms with Crippen molar-refractivity contribution < 1.29 is 23.8 Å². The predicted molar refractivity (Wildman–Crippen MR) is 261 cm³/mol. The van der Waals surface area contributed by atoms with Crippen LogP contribution in [0.25, 0.3) is 0 Å². The first kappa shape index (κ1) is 58.1. The molecule has 352 valence electrons. The van der Waals surface area contributed by atoms with Gasteiger partial charge >= 0.3 is 11.9 Å². The van der Waals surface area contributed by atoms with Gasteiger partial charge in [-0.1, -0.05) is 243 Å². The molecule has 0 N–H and O–H groups in total. The Balaban J connectivity index is 4.05. The quantitative estimate of drug-likeness (QED) is 0.0347. The van der Waals surface area contributed by atoms with Crippen LogP contribution in [0.3, 0.4) is 0 Å². The van der Waals surface area contributed by atoms with Crippen molar-refractivity contribution in [2.45, 2.75) is 284 Å². The fraction of sp³-hybridized carbons (Fsp3) is 0.855. The smallest absolute Gasteiger partial charge is 0.306 e. The van der Waals surface area contributed by atoms with Crippen LogP contribution in [0.2, 0.25) is 0 Å². The Morgan fingerprint density at radius 1 is 0.367 bits per heavy atom. The summed E-state index contributed by atoms with van der Waals surface area (Å²) in [5.74, 6) is -0.400. The predicted octanol–water partition coefficient (Wildman–Crippen LogP) is 17.8. The number of allylic oxidation sites excluding steroid dienone is 6. The molecular weight excluding hydrogens is 741 g/mol. The normalized spacial score (nSPS) is 12.4. The largest absolute Gasteiger partial charge is 0.462 e. The van der Waals surface area contributed by atoms with Crippen molar-refractivity contribution >= 4 is 11.9 Å². The van der Waals surface area contributed by atoms with Crippen LogP contribution in [0.4, 0.5) is 0 Å². The van der Waals surface area contributed by atoms with E-state index < -0.39 is 6.10 Å². The first-order chi connectivity index (χ1) is 29.6.